The summed E-state index contributed by atoms with van der Waals surface area (Å²) < 4.78 is 26.4. The third-order valence-electron chi connectivity index (χ3n) is 2.43. The zero-order valence-electron chi connectivity index (χ0n) is 9.18. The highest BCUT2D eigenvalue weighted by molar-refractivity contribution is 6.35. The number of hydrogen-bond acceptors (Lipinski definition) is 1. The van der Waals surface area contributed by atoms with E-state index in [0.29, 0.717) is 15.7 Å². The molecule has 5 heteroatoms. The molecule has 0 fully saturated rings. The quantitative estimate of drug-likeness (QED) is 0.848. The molecule has 0 saturated heterocycles. The fourth-order valence-electron chi connectivity index (χ4n) is 1.51. The van der Waals surface area contributed by atoms with Gasteiger partial charge in [-0.05, 0) is 24.3 Å². The van der Waals surface area contributed by atoms with Gasteiger partial charge >= 0.3 is 0 Å². The fraction of sp³-hybridized carbons (Fsp3) is 0.0769. The van der Waals surface area contributed by atoms with Crippen LogP contribution in [0.3, 0.4) is 0 Å². The van der Waals surface area contributed by atoms with E-state index in [0.717, 1.165) is 6.07 Å². The largest absolute Gasteiger partial charge is 0.380 e. The van der Waals surface area contributed by atoms with Crippen molar-refractivity contribution in [3.8, 4) is 0 Å². The molecule has 94 valence electrons. The van der Waals surface area contributed by atoms with Crippen LogP contribution in [0.4, 0.5) is 14.5 Å². The molecule has 0 aliphatic carbocycles. The minimum atomic E-state index is -0.869. The Bertz CT molecular complexity index is 571. The Kier molecular flexibility index (Phi) is 4.04. The molecule has 1 N–H and O–H groups in total. The summed E-state index contributed by atoms with van der Waals surface area (Å²) in [6, 6.07) is 8.94. The average Bonchev–Trinajstić information content (AvgIpc) is 2.35. The van der Waals surface area contributed by atoms with Crippen molar-refractivity contribution in [3.63, 3.8) is 0 Å². The summed E-state index contributed by atoms with van der Waals surface area (Å²) in [5, 5.41) is 3.90. The average molecular weight is 288 g/mol. The van der Waals surface area contributed by atoms with Crippen LogP contribution < -0.4 is 5.32 Å². The van der Waals surface area contributed by atoms with E-state index in [9.17, 15) is 8.78 Å². The van der Waals surface area contributed by atoms with Crippen molar-refractivity contribution in [2.24, 2.45) is 0 Å². The number of rotatable bonds is 3. The van der Waals surface area contributed by atoms with Gasteiger partial charge in [0.25, 0.3) is 0 Å². The van der Waals surface area contributed by atoms with Crippen LogP contribution in [-0.2, 0) is 6.54 Å². The summed E-state index contributed by atoms with van der Waals surface area (Å²) in [6.07, 6.45) is 0. The lowest BCUT2D eigenvalue weighted by Crippen LogP contribution is -2.03. The van der Waals surface area contributed by atoms with Gasteiger partial charge in [-0.25, -0.2) is 8.78 Å². The number of anilines is 1. The van der Waals surface area contributed by atoms with E-state index in [1.165, 1.54) is 12.1 Å². The Balaban J connectivity index is 2.16. The molecule has 2 aromatic rings. The molecule has 0 heterocycles. The van der Waals surface area contributed by atoms with E-state index in [-0.39, 0.29) is 12.1 Å². The van der Waals surface area contributed by atoms with E-state index >= 15 is 0 Å². The minimum absolute atomic E-state index is 0.129. The summed E-state index contributed by atoms with van der Waals surface area (Å²) >= 11 is 11.8. The minimum Gasteiger partial charge on any atom is -0.380 e. The first kappa shape index (κ1) is 13.1. The van der Waals surface area contributed by atoms with Crippen molar-refractivity contribution in [3.05, 3.63) is 63.6 Å². The van der Waals surface area contributed by atoms with Crippen LogP contribution in [0.1, 0.15) is 5.56 Å². The topological polar surface area (TPSA) is 12.0 Å². The summed E-state index contributed by atoms with van der Waals surface area (Å²) in [6.45, 7) is 0.129. The predicted octanol–water partition coefficient (Wildman–Crippen LogP) is 4.88. The van der Waals surface area contributed by atoms with E-state index in [1.54, 1.807) is 18.2 Å². The normalized spacial score (nSPS) is 10.4. The molecule has 0 aromatic heterocycles. The van der Waals surface area contributed by atoms with Gasteiger partial charge in [0, 0.05) is 17.1 Å². The third-order valence-corrected chi connectivity index (χ3v) is 2.99. The monoisotopic (exact) mass is 287 g/mol. The van der Waals surface area contributed by atoms with Crippen LogP contribution in [0.15, 0.2) is 36.4 Å². The second-order valence-electron chi connectivity index (χ2n) is 3.69. The highest BCUT2D eigenvalue weighted by Crippen LogP contribution is 2.26. The van der Waals surface area contributed by atoms with Crippen molar-refractivity contribution >= 4 is 28.9 Å². The molecule has 0 aliphatic rings. The second-order valence-corrected chi connectivity index (χ2v) is 4.53. The summed E-state index contributed by atoms with van der Waals surface area (Å²) in [7, 11) is 0. The molecular weight excluding hydrogens is 279 g/mol. The van der Waals surface area contributed by atoms with Gasteiger partial charge in [0.15, 0.2) is 11.6 Å². The summed E-state index contributed by atoms with van der Waals surface area (Å²) in [4.78, 5) is 0. The number of hydrogen-bond donors (Lipinski definition) is 1. The first-order valence-electron chi connectivity index (χ1n) is 5.20. The lowest BCUT2D eigenvalue weighted by molar-refractivity contribution is 0.500. The maximum atomic E-state index is 13.4. The molecule has 0 radical (unpaired) electrons. The molecule has 2 aromatic carbocycles. The highest BCUT2D eigenvalue weighted by Gasteiger charge is 2.08. The third kappa shape index (κ3) is 2.92. The van der Waals surface area contributed by atoms with Crippen LogP contribution in [0.5, 0.6) is 0 Å². The molecule has 0 aliphatic heterocycles. The summed E-state index contributed by atoms with van der Waals surface area (Å²) in [5.41, 5.74) is 0.805. The van der Waals surface area contributed by atoms with Crippen molar-refractivity contribution in [1.29, 1.82) is 0 Å². The van der Waals surface area contributed by atoms with Crippen molar-refractivity contribution in [1.82, 2.24) is 0 Å². The van der Waals surface area contributed by atoms with E-state index in [4.69, 9.17) is 23.2 Å². The molecule has 0 bridgehead atoms. The van der Waals surface area contributed by atoms with Crippen LogP contribution in [-0.4, -0.2) is 0 Å². The fourth-order valence-corrected chi connectivity index (χ4v) is 1.86. The van der Waals surface area contributed by atoms with Crippen LogP contribution in [0.25, 0.3) is 0 Å². The first-order valence-corrected chi connectivity index (χ1v) is 5.95. The Morgan fingerprint density at radius 2 is 1.83 bits per heavy atom. The highest BCUT2D eigenvalue weighted by atomic mass is 35.5. The maximum absolute atomic E-state index is 13.4. The standard InChI is InChI=1S/C13H9Cl2F2N/c14-9-4-5-10(15)12(6-9)18-7-8-2-1-3-11(16)13(8)17/h1-6,18H,7H2. The van der Waals surface area contributed by atoms with Crippen molar-refractivity contribution in [2.45, 2.75) is 6.54 Å². The Morgan fingerprint density at radius 3 is 2.61 bits per heavy atom. The molecule has 18 heavy (non-hydrogen) atoms. The first-order chi connectivity index (χ1) is 8.58. The van der Waals surface area contributed by atoms with Crippen LogP contribution >= 0.6 is 23.2 Å². The zero-order valence-corrected chi connectivity index (χ0v) is 10.7. The molecular formula is C13H9Cl2F2N. The van der Waals surface area contributed by atoms with E-state index in [2.05, 4.69) is 5.32 Å². The zero-order chi connectivity index (χ0) is 13.1. The van der Waals surface area contributed by atoms with Crippen molar-refractivity contribution in [2.75, 3.05) is 5.32 Å². The number of nitrogens with one attached hydrogen (secondary N) is 1. The second kappa shape index (κ2) is 5.55. The van der Waals surface area contributed by atoms with Gasteiger partial charge in [-0.15, -0.1) is 0 Å². The lowest BCUT2D eigenvalue weighted by atomic mass is 10.2. The van der Waals surface area contributed by atoms with Gasteiger partial charge in [0.2, 0.25) is 0 Å². The lowest BCUT2D eigenvalue weighted by Gasteiger charge is -2.09. The molecule has 0 spiro atoms. The number of benzene rings is 2. The maximum Gasteiger partial charge on any atom is 0.163 e. The van der Waals surface area contributed by atoms with E-state index < -0.39 is 11.6 Å². The van der Waals surface area contributed by atoms with Crippen molar-refractivity contribution < 1.29 is 8.78 Å². The predicted molar refractivity (Wildman–Crippen MR) is 70.1 cm³/mol. The molecule has 1 nitrogen and oxygen atoms in total. The van der Waals surface area contributed by atoms with Gasteiger partial charge < -0.3 is 5.32 Å². The van der Waals surface area contributed by atoms with Gasteiger partial charge in [-0.2, -0.15) is 0 Å². The number of halogens is 4. The van der Waals surface area contributed by atoms with Gasteiger partial charge in [-0.1, -0.05) is 35.3 Å². The summed E-state index contributed by atoms with van der Waals surface area (Å²) in [5.74, 6) is -1.73. The Hall–Kier alpha value is -1.32. The smallest absolute Gasteiger partial charge is 0.163 e. The van der Waals surface area contributed by atoms with Gasteiger partial charge in [0.1, 0.15) is 0 Å². The molecule has 0 unspecified atom stereocenters. The van der Waals surface area contributed by atoms with Gasteiger partial charge in [-0.3, -0.25) is 0 Å². The molecule has 0 atom stereocenters. The van der Waals surface area contributed by atoms with Gasteiger partial charge in [0.05, 0.1) is 10.7 Å². The molecule has 0 amide bonds. The molecule has 2 rings (SSSR count). The SMILES string of the molecule is Fc1cccc(CNc2cc(Cl)ccc2Cl)c1F. The Morgan fingerprint density at radius 1 is 1.06 bits per heavy atom. The molecule has 0 saturated carbocycles. The van der Waals surface area contributed by atoms with Crippen LogP contribution in [0, 0.1) is 11.6 Å². The van der Waals surface area contributed by atoms with Crippen LogP contribution in [0.2, 0.25) is 10.0 Å². The van der Waals surface area contributed by atoms with E-state index in [1.807, 2.05) is 0 Å². The Labute approximate surface area is 113 Å².